The van der Waals surface area contributed by atoms with E-state index in [-0.39, 0.29) is 10.5 Å². The van der Waals surface area contributed by atoms with Crippen molar-refractivity contribution < 1.29 is 22.7 Å². The van der Waals surface area contributed by atoms with Crippen LogP contribution in [0.3, 0.4) is 0 Å². The Labute approximate surface area is 197 Å². The van der Waals surface area contributed by atoms with Crippen LogP contribution in [0, 0.1) is 6.92 Å². The molecule has 0 radical (unpaired) electrons. The van der Waals surface area contributed by atoms with Gasteiger partial charge in [0, 0.05) is 24.0 Å². The Kier molecular flexibility index (Phi) is 7.96. The van der Waals surface area contributed by atoms with Gasteiger partial charge in [0.1, 0.15) is 0 Å². The molecule has 0 bridgehead atoms. The van der Waals surface area contributed by atoms with Gasteiger partial charge in [-0.2, -0.15) is 4.31 Å². The summed E-state index contributed by atoms with van der Waals surface area (Å²) < 4.78 is 31.4. The van der Waals surface area contributed by atoms with Crippen LogP contribution in [0.25, 0.3) is 11.3 Å². The van der Waals surface area contributed by atoms with Crippen LogP contribution in [0.4, 0.5) is 5.13 Å². The molecule has 1 N–H and O–H groups in total. The van der Waals surface area contributed by atoms with Crippen LogP contribution >= 0.6 is 11.3 Å². The molecule has 0 saturated heterocycles. The number of carbonyl (C=O) groups is 2. The summed E-state index contributed by atoms with van der Waals surface area (Å²) in [5.41, 5.74) is 2.98. The maximum Gasteiger partial charge on any atom is 0.338 e. The molecule has 0 unspecified atom stereocenters. The number of sulfonamides is 1. The number of aryl methyl sites for hydroxylation is 1. The number of thiazole rings is 1. The summed E-state index contributed by atoms with van der Waals surface area (Å²) in [7, 11) is -3.61. The molecule has 0 aliphatic rings. The van der Waals surface area contributed by atoms with Crippen LogP contribution in [-0.2, 0) is 19.6 Å². The topological polar surface area (TPSA) is 106 Å². The highest BCUT2D eigenvalue weighted by atomic mass is 32.2. The van der Waals surface area contributed by atoms with E-state index < -0.39 is 28.5 Å². The number of esters is 1. The highest BCUT2D eigenvalue weighted by molar-refractivity contribution is 7.89. The van der Waals surface area contributed by atoms with Gasteiger partial charge in [0.25, 0.3) is 5.91 Å². The van der Waals surface area contributed by atoms with Crippen molar-refractivity contribution in [2.75, 3.05) is 25.0 Å². The van der Waals surface area contributed by atoms with Gasteiger partial charge in [0.2, 0.25) is 10.0 Å². The molecule has 3 aromatic rings. The summed E-state index contributed by atoms with van der Waals surface area (Å²) in [5.74, 6) is -1.25. The lowest BCUT2D eigenvalue weighted by atomic mass is 10.1. The molecule has 0 saturated carbocycles. The lowest BCUT2D eigenvalue weighted by molar-refractivity contribution is -0.119. The highest BCUT2D eigenvalue weighted by Gasteiger charge is 2.22. The van der Waals surface area contributed by atoms with Gasteiger partial charge >= 0.3 is 5.97 Å². The number of hydrogen-bond donors (Lipinski definition) is 1. The maximum atomic E-state index is 12.5. The minimum absolute atomic E-state index is 0.0913. The molecular weight excluding hydrogens is 462 g/mol. The normalized spacial score (nSPS) is 11.4. The van der Waals surface area contributed by atoms with E-state index in [0.717, 1.165) is 16.8 Å². The van der Waals surface area contributed by atoms with Gasteiger partial charge in [0.05, 0.1) is 16.2 Å². The van der Waals surface area contributed by atoms with Crippen molar-refractivity contribution in [2.45, 2.75) is 25.7 Å². The fourth-order valence-corrected chi connectivity index (χ4v) is 5.23. The first-order valence-corrected chi connectivity index (χ1v) is 12.7. The second-order valence-electron chi connectivity index (χ2n) is 7.14. The van der Waals surface area contributed by atoms with Crippen molar-refractivity contribution in [3.05, 3.63) is 65.0 Å². The Morgan fingerprint density at radius 3 is 2.27 bits per heavy atom. The minimum atomic E-state index is -3.61. The van der Waals surface area contributed by atoms with Crippen LogP contribution in [0.15, 0.2) is 58.8 Å². The third-order valence-corrected chi connectivity index (χ3v) is 7.69. The van der Waals surface area contributed by atoms with Crippen LogP contribution in [0.5, 0.6) is 0 Å². The first-order valence-electron chi connectivity index (χ1n) is 10.3. The van der Waals surface area contributed by atoms with Crippen molar-refractivity contribution in [1.82, 2.24) is 9.29 Å². The zero-order chi connectivity index (χ0) is 24.0. The summed E-state index contributed by atoms with van der Waals surface area (Å²) in [6.07, 6.45) is 0. The number of benzene rings is 2. The van der Waals surface area contributed by atoms with Gasteiger partial charge in [-0.3, -0.25) is 10.1 Å². The van der Waals surface area contributed by atoms with Crippen LogP contribution in [-0.4, -0.2) is 49.3 Å². The first kappa shape index (κ1) is 24.6. The number of aromatic nitrogens is 1. The third kappa shape index (κ3) is 6.04. The average molecular weight is 488 g/mol. The zero-order valence-corrected chi connectivity index (χ0v) is 20.2. The lowest BCUT2D eigenvalue weighted by Crippen LogP contribution is -2.30. The van der Waals surface area contributed by atoms with Gasteiger partial charge in [-0.25, -0.2) is 18.2 Å². The Bertz CT molecular complexity index is 1220. The summed E-state index contributed by atoms with van der Waals surface area (Å²) in [6.45, 7) is 5.73. The molecule has 0 aliphatic heterocycles. The molecule has 0 spiro atoms. The molecule has 8 nitrogen and oxygen atoms in total. The molecule has 1 heterocycles. The fourth-order valence-electron chi connectivity index (χ4n) is 3.03. The third-order valence-electron chi connectivity index (χ3n) is 4.87. The molecule has 3 rings (SSSR count). The smallest absolute Gasteiger partial charge is 0.338 e. The second-order valence-corrected chi connectivity index (χ2v) is 9.94. The first-order chi connectivity index (χ1) is 15.7. The van der Waals surface area contributed by atoms with E-state index in [1.807, 2.05) is 36.6 Å². The molecule has 10 heteroatoms. The molecule has 0 atom stereocenters. The Hall–Kier alpha value is -3.08. The Balaban J connectivity index is 1.55. The molecule has 2 aromatic carbocycles. The Morgan fingerprint density at radius 1 is 1.03 bits per heavy atom. The standard InChI is InChI=1S/C23H25N3O5S2/c1-4-26(5-2)33(29,30)19-12-10-18(11-13-19)22(28)31-14-21(27)25-23-24-20(15-32-23)17-8-6-16(3)7-9-17/h6-13,15H,4-5,14H2,1-3H3,(H,24,25,27). The average Bonchev–Trinajstić information content (AvgIpc) is 3.27. The van der Waals surface area contributed by atoms with Crippen LogP contribution < -0.4 is 5.32 Å². The second kappa shape index (κ2) is 10.7. The zero-order valence-electron chi connectivity index (χ0n) is 18.6. The monoisotopic (exact) mass is 487 g/mol. The number of carbonyl (C=O) groups excluding carboxylic acids is 2. The van der Waals surface area contributed by atoms with Gasteiger partial charge < -0.3 is 4.74 Å². The number of hydrogen-bond acceptors (Lipinski definition) is 7. The summed E-state index contributed by atoms with van der Waals surface area (Å²) >= 11 is 1.27. The predicted molar refractivity (Wildman–Crippen MR) is 128 cm³/mol. The largest absolute Gasteiger partial charge is 0.452 e. The van der Waals surface area contributed by atoms with E-state index in [4.69, 9.17) is 4.74 Å². The molecule has 33 heavy (non-hydrogen) atoms. The van der Waals surface area contributed by atoms with Crippen molar-refractivity contribution in [1.29, 1.82) is 0 Å². The Morgan fingerprint density at radius 2 is 1.67 bits per heavy atom. The quantitative estimate of drug-likeness (QED) is 0.458. The van der Waals surface area contributed by atoms with Gasteiger partial charge in [-0.05, 0) is 31.2 Å². The summed E-state index contributed by atoms with van der Waals surface area (Å²) in [5, 5.41) is 4.85. The molecular formula is C23H25N3O5S2. The van der Waals surface area contributed by atoms with E-state index in [1.54, 1.807) is 13.8 Å². The number of amides is 1. The van der Waals surface area contributed by atoms with Gasteiger partial charge in [-0.1, -0.05) is 43.7 Å². The predicted octanol–water partition coefficient (Wildman–Crippen LogP) is 3.94. The van der Waals surface area contributed by atoms with Crippen molar-refractivity contribution in [2.24, 2.45) is 0 Å². The summed E-state index contributed by atoms with van der Waals surface area (Å²) in [6, 6.07) is 13.3. The molecule has 0 fully saturated rings. The van der Waals surface area contributed by atoms with Crippen molar-refractivity contribution in [3.8, 4) is 11.3 Å². The number of nitrogens with one attached hydrogen (secondary N) is 1. The van der Waals surface area contributed by atoms with E-state index in [1.165, 1.54) is 39.9 Å². The number of nitrogens with zero attached hydrogens (tertiary/aromatic N) is 2. The lowest BCUT2D eigenvalue weighted by Gasteiger charge is -2.18. The van der Waals surface area contributed by atoms with Crippen LogP contribution in [0.1, 0.15) is 29.8 Å². The van der Waals surface area contributed by atoms with Crippen molar-refractivity contribution in [3.63, 3.8) is 0 Å². The molecule has 1 amide bonds. The van der Waals surface area contributed by atoms with E-state index in [0.29, 0.717) is 18.2 Å². The number of ether oxygens (including phenoxy) is 1. The summed E-state index contributed by atoms with van der Waals surface area (Å²) in [4.78, 5) is 28.9. The highest BCUT2D eigenvalue weighted by Crippen LogP contribution is 2.25. The van der Waals surface area contributed by atoms with E-state index in [2.05, 4.69) is 10.3 Å². The molecule has 174 valence electrons. The fraction of sp³-hybridized carbons (Fsp3) is 0.261. The molecule has 1 aromatic heterocycles. The van der Waals surface area contributed by atoms with Gasteiger partial charge in [-0.15, -0.1) is 11.3 Å². The van der Waals surface area contributed by atoms with Gasteiger partial charge in [0.15, 0.2) is 11.7 Å². The molecule has 0 aliphatic carbocycles. The number of rotatable bonds is 9. The maximum absolute atomic E-state index is 12.5. The van der Waals surface area contributed by atoms with E-state index in [9.17, 15) is 18.0 Å². The minimum Gasteiger partial charge on any atom is -0.452 e. The number of anilines is 1. The SMILES string of the molecule is CCN(CC)S(=O)(=O)c1ccc(C(=O)OCC(=O)Nc2nc(-c3ccc(C)cc3)cs2)cc1. The van der Waals surface area contributed by atoms with Crippen LogP contribution in [0.2, 0.25) is 0 Å². The van der Waals surface area contributed by atoms with Crippen molar-refractivity contribution >= 4 is 38.4 Å². The van der Waals surface area contributed by atoms with E-state index >= 15 is 0 Å².